The van der Waals surface area contributed by atoms with Crippen molar-refractivity contribution in [2.75, 3.05) is 51.3 Å². The van der Waals surface area contributed by atoms with Crippen LogP contribution in [0.3, 0.4) is 0 Å². The summed E-state index contributed by atoms with van der Waals surface area (Å²) in [7, 11) is 1.83. The van der Waals surface area contributed by atoms with Crippen molar-refractivity contribution in [1.29, 1.82) is 0 Å². The van der Waals surface area contributed by atoms with Crippen molar-refractivity contribution < 1.29 is 4.74 Å². The van der Waals surface area contributed by atoms with Gasteiger partial charge in [-0.1, -0.05) is 17.7 Å². The van der Waals surface area contributed by atoms with Gasteiger partial charge in [0.2, 0.25) is 0 Å². The average Bonchev–Trinajstić information content (AvgIpc) is 3.11. The molecule has 0 saturated carbocycles. The zero-order valence-corrected chi connectivity index (χ0v) is 17.1. The molecule has 2 N–H and O–H groups in total. The molecule has 1 heterocycles. The first-order chi connectivity index (χ1) is 12.6. The van der Waals surface area contributed by atoms with Crippen LogP contribution in [0.15, 0.2) is 23.2 Å². The molecule has 2 rings (SSSR count). The number of guanidine groups is 1. The van der Waals surface area contributed by atoms with E-state index in [0.29, 0.717) is 5.92 Å². The van der Waals surface area contributed by atoms with Crippen molar-refractivity contribution in [3.05, 3.63) is 28.8 Å². The second-order valence-electron chi connectivity index (χ2n) is 6.82. The third-order valence-corrected chi connectivity index (χ3v) is 5.03. The van der Waals surface area contributed by atoms with Gasteiger partial charge in [0.1, 0.15) is 0 Å². The highest BCUT2D eigenvalue weighted by molar-refractivity contribution is 6.30. The van der Waals surface area contributed by atoms with Crippen LogP contribution in [0, 0.1) is 12.8 Å². The Balaban J connectivity index is 1.70. The number of hydrogen-bond donors (Lipinski definition) is 2. The molecule has 0 amide bonds. The minimum absolute atomic E-state index is 0.616. The van der Waals surface area contributed by atoms with E-state index in [-0.39, 0.29) is 0 Å². The lowest BCUT2D eigenvalue weighted by molar-refractivity contribution is 0.143. The quantitative estimate of drug-likeness (QED) is 0.391. The summed E-state index contributed by atoms with van der Waals surface area (Å²) in [6.45, 7) is 9.81. The van der Waals surface area contributed by atoms with Crippen LogP contribution >= 0.6 is 11.6 Å². The van der Waals surface area contributed by atoms with Gasteiger partial charge in [-0.25, -0.2) is 0 Å². The number of aryl methyl sites for hydroxylation is 1. The van der Waals surface area contributed by atoms with E-state index in [4.69, 9.17) is 16.3 Å². The molecule has 1 aromatic rings. The summed E-state index contributed by atoms with van der Waals surface area (Å²) in [5.74, 6) is 1.50. The summed E-state index contributed by atoms with van der Waals surface area (Å²) in [4.78, 5) is 6.76. The molecule has 0 radical (unpaired) electrons. The van der Waals surface area contributed by atoms with Gasteiger partial charge in [0.25, 0.3) is 0 Å². The molecule has 26 heavy (non-hydrogen) atoms. The predicted molar refractivity (Wildman–Crippen MR) is 112 cm³/mol. The van der Waals surface area contributed by atoms with Gasteiger partial charge in [0.15, 0.2) is 5.96 Å². The number of rotatable bonds is 9. The summed E-state index contributed by atoms with van der Waals surface area (Å²) in [5, 5.41) is 7.65. The smallest absolute Gasteiger partial charge is 0.190 e. The van der Waals surface area contributed by atoms with E-state index in [1.165, 1.54) is 17.7 Å². The van der Waals surface area contributed by atoms with Crippen LogP contribution in [-0.4, -0.2) is 52.4 Å². The van der Waals surface area contributed by atoms with Gasteiger partial charge >= 0.3 is 0 Å². The number of anilines is 1. The summed E-state index contributed by atoms with van der Waals surface area (Å²) in [6, 6.07) is 6.13. The van der Waals surface area contributed by atoms with Crippen molar-refractivity contribution in [1.82, 2.24) is 10.6 Å². The van der Waals surface area contributed by atoms with Gasteiger partial charge in [-0.2, -0.15) is 0 Å². The van der Waals surface area contributed by atoms with Gasteiger partial charge in [0.05, 0.1) is 0 Å². The van der Waals surface area contributed by atoms with Gasteiger partial charge in [-0.15, -0.1) is 0 Å². The molecule has 0 aliphatic carbocycles. The lowest BCUT2D eigenvalue weighted by atomic mass is 10.1. The maximum atomic E-state index is 6.17. The van der Waals surface area contributed by atoms with Crippen molar-refractivity contribution in [2.24, 2.45) is 10.9 Å². The fourth-order valence-electron chi connectivity index (χ4n) is 3.28. The largest absolute Gasteiger partial charge is 0.382 e. The van der Waals surface area contributed by atoms with Gasteiger partial charge in [-0.3, -0.25) is 4.99 Å². The van der Waals surface area contributed by atoms with E-state index in [2.05, 4.69) is 39.6 Å². The van der Waals surface area contributed by atoms with E-state index >= 15 is 0 Å². The molecular weight excluding hydrogens is 348 g/mol. The molecule has 1 saturated heterocycles. The maximum absolute atomic E-state index is 6.17. The van der Waals surface area contributed by atoms with E-state index in [9.17, 15) is 0 Å². The Morgan fingerprint density at radius 3 is 2.96 bits per heavy atom. The van der Waals surface area contributed by atoms with Crippen LogP contribution < -0.4 is 15.5 Å². The van der Waals surface area contributed by atoms with Crippen molar-refractivity contribution in [3.63, 3.8) is 0 Å². The Morgan fingerprint density at radius 2 is 2.19 bits per heavy atom. The molecule has 1 aliphatic heterocycles. The van der Waals surface area contributed by atoms with Crippen molar-refractivity contribution in [2.45, 2.75) is 33.1 Å². The van der Waals surface area contributed by atoms with Crippen molar-refractivity contribution in [3.8, 4) is 0 Å². The second-order valence-corrected chi connectivity index (χ2v) is 7.25. The number of benzene rings is 1. The molecule has 1 unspecified atom stereocenters. The number of ether oxygens (including phenoxy) is 1. The van der Waals surface area contributed by atoms with Gasteiger partial charge in [0, 0.05) is 57.2 Å². The number of halogens is 1. The van der Waals surface area contributed by atoms with Crippen LogP contribution in [0.25, 0.3) is 0 Å². The molecule has 5 nitrogen and oxygen atoms in total. The zero-order chi connectivity index (χ0) is 18.8. The van der Waals surface area contributed by atoms with E-state index < -0.39 is 0 Å². The van der Waals surface area contributed by atoms with Gasteiger partial charge < -0.3 is 20.3 Å². The fraction of sp³-hybridized carbons (Fsp3) is 0.650. The van der Waals surface area contributed by atoms with Gasteiger partial charge in [-0.05, 0) is 56.7 Å². The molecule has 0 aromatic heterocycles. The van der Waals surface area contributed by atoms with Crippen LogP contribution in [-0.2, 0) is 4.74 Å². The highest BCUT2D eigenvalue weighted by Gasteiger charge is 2.23. The normalized spacial score (nSPS) is 17.6. The first-order valence-electron chi connectivity index (χ1n) is 9.67. The molecule has 146 valence electrons. The Bertz CT molecular complexity index is 579. The molecule has 1 atom stereocenters. The maximum Gasteiger partial charge on any atom is 0.190 e. The first-order valence-corrected chi connectivity index (χ1v) is 10.0. The topological polar surface area (TPSA) is 48.9 Å². The fourth-order valence-corrected chi connectivity index (χ4v) is 3.45. The first kappa shape index (κ1) is 20.8. The Labute approximate surface area is 163 Å². The van der Waals surface area contributed by atoms with Crippen molar-refractivity contribution >= 4 is 23.2 Å². The lowest BCUT2D eigenvalue weighted by Gasteiger charge is -2.21. The summed E-state index contributed by atoms with van der Waals surface area (Å²) in [6.07, 6.45) is 3.35. The Kier molecular flexibility index (Phi) is 9.06. The SMILES string of the molecule is CCOCCCCNC(=NC)NCC1CCN(c2cc(Cl)ccc2C)C1. The molecule has 6 heteroatoms. The summed E-state index contributed by atoms with van der Waals surface area (Å²) < 4.78 is 5.36. The molecule has 1 aliphatic rings. The molecule has 0 spiro atoms. The highest BCUT2D eigenvalue weighted by Crippen LogP contribution is 2.29. The lowest BCUT2D eigenvalue weighted by Crippen LogP contribution is -2.40. The third kappa shape index (κ3) is 6.69. The standard InChI is InChI=1S/C20H33ClN4O/c1-4-26-12-6-5-10-23-20(22-3)24-14-17-9-11-25(15-17)19-13-18(21)8-7-16(19)2/h7-8,13,17H,4-6,9-12,14-15H2,1-3H3,(H2,22,23,24). The van der Waals surface area contributed by atoms with Crippen LogP contribution in [0.5, 0.6) is 0 Å². The highest BCUT2D eigenvalue weighted by atomic mass is 35.5. The number of nitrogens with one attached hydrogen (secondary N) is 2. The van der Waals surface area contributed by atoms with Crippen LogP contribution in [0.2, 0.25) is 5.02 Å². The minimum Gasteiger partial charge on any atom is -0.382 e. The minimum atomic E-state index is 0.616. The summed E-state index contributed by atoms with van der Waals surface area (Å²) >= 11 is 6.17. The van der Waals surface area contributed by atoms with E-state index in [1.807, 2.05) is 20.0 Å². The second kappa shape index (κ2) is 11.3. The van der Waals surface area contributed by atoms with E-state index in [0.717, 1.165) is 63.2 Å². The third-order valence-electron chi connectivity index (χ3n) is 4.79. The predicted octanol–water partition coefficient (Wildman–Crippen LogP) is 3.46. The molecule has 0 bridgehead atoms. The Hall–Kier alpha value is -1.46. The Morgan fingerprint density at radius 1 is 1.35 bits per heavy atom. The molecule has 1 fully saturated rings. The van der Waals surface area contributed by atoms with E-state index in [1.54, 1.807) is 0 Å². The van der Waals surface area contributed by atoms with Crippen LogP contribution in [0.4, 0.5) is 5.69 Å². The summed E-state index contributed by atoms with van der Waals surface area (Å²) in [5.41, 5.74) is 2.55. The molecular formula is C20H33ClN4O. The number of nitrogens with zero attached hydrogens (tertiary/aromatic N) is 2. The number of hydrogen-bond acceptors (Lipinski definition) is 3. The number of unbranched alkanes of at least 4 members (excludes halogenated alkanes) is 1. The number of aliphatic imine (C=N–C) groups is 1. The zero-order valence-electron chi connectivity index (χ0n) is 16.4. The molecule has 1 aromatic carbocycles. The van der Waals surface area contributed by atoms with Crippen LogP contribution in [0.1, 0.15) is 31.7 Å². The average molecular weight is 381 g/mol. The monoisotopic (exact) mass is 380 g/mol.